The summed E-state index contributed by atoms with van der Waals surface area (Å²) in [7, 11) is 1.73. The highest BCUT2D eigenvalue weighted by Gasteiger charge is 2.66. The number of aryl methyl sites for hydroxylation is 1. The summed E-state index contributed by atoms with van der Waals surface area (Å²) < 4.78 is 1.52. The Morgan fingerprint density at radius 3 is 2.72 bits per heavy atom. The number of rotatable bonds is 3. The van der Waals surface area contributed by atoms with E-state index in [9.17, 15) is 4.79 Å². The van der Waals surface area contributed by atoms with E-state index in [0.29, 0.717) is 23.0 Å². The number of aromatic nitrogens is 2. The predicted molar refractivity (Wildman–Crippen MR) is 68.9 cm³/mol. The minimum absolute atomic E-state index is 0.111. The predicted octanol–water partition coefficient (Wildman–Crippen LogP) is 1.31. The van der Waals surface area contributed by atoms with Crippen LogP contribution in [0.15, 0.2) is 6.07 Å². The summed E-state index contributed by atoms with van der Waals surface area (Å²) in [6.45, 7) is 4.59. The van der Waals surface area contributed by atoms with Gasteiger partial charge in [0.15, 0.2) is 5.69 Å². The molecule has 1 aromatic rings. The van der Waals surface area contributed by atoms with Crippen molar-refractivity contribution >= 4 is 11.7 Å². The number of hydrogen-bond donors (Lipinski definition) is 2. The minimum atomic E-state index is -0.111. The van der Waals surface area contributed by atoms with Crippen molar-refractivity contribution in [3.63, 3.8) is 0 Å². The lowest BCUT2D eigenvalue weighted by Gasteiger charge is -2.19. The van der Waals surface area contributed by atoms with Crippen LogP contribution in [-0.2, 0) is 7.05 Å². The quantitative estimate of drug-likeness (QED) is 0.847. The third-order valence-electron chi connectivity index (χ3n) is 5.07. The number of hydrogen-bond acceptors (Lipinski definition) is 3. The molecule has 5 nitrogen and oxygen atoms in total. The standard InChI is InChI=1S/C13H20N4O/c1-12(4-5-12)13(2)7-9(13)15-11(18)8-6-10(14)17(3)16-8/h6,9H,4-5,7,14H2,1-3H3,(H,15,18). The van der Waals surface area contributed by atoms with Gasteiger partial charge in [0.25, 0.3) is 5.91 Å². The van der Waals surface area contributed by atoms with Gasteiger partial charge in [0.1, 0.15) is 5.82 Å². The maximum atomic E-state index is 12.1. The Balaban J connectivity index is 1.66. The van der Waals surface area contributed by atoms with Gasteiger partial charge >= 0.3 is 0 Å². The summed E-state index contributed by atoms with van der Waals surface area (Å²) in [6, 6.07) is 1.91. The SMILES string of the molecule is Cn1nc(C(=O)NC2CC2(C)C2(C)CC2)cc1N. The van der Waals surface area contributed by atoms with Gasteiger partial charge in [-0.15, -0.1) is 0 Å². The molecular formula is C13H20N4O. The van der Waals surface area contributed by atoms with Crippen LogP contribution in [-0.4, -0.2) is 21.7 Å². The second kappa shape index (κ2) is 3.28. The summed E-state index contributed by atoms with van der Waals surface area (Å²) in [4.78, 5) is 12.1. The molecule has 0 saturated heterocycles. The zero-order chi connectivity index (χ0) is 13.1. The van der Waals surface area contributed by atoms with Crippen LogP contribution in [0.3, 0.4) is 0 Å². The average molecular weight is 248 g/mol. The maximum Gasteiger partial charge on any atom is 0.272 e. The second-order valence-corrected chi connectivity index (χ2v) is 6.29. The van der Waals surface area contributed by atoms with Crippen LogP contribution in [0.25, 0.3) is 0 Å². The van der Waals surface area contributed by atoms with E-state index in [1.165, 1.54) is 17.5 Å². The van der Waals surface area contributed by atoms with E-state index in [-0.39, 0.29) is 11.3 Å². The first-order valence-electron chi connectivity index (χ1n) is 6.46. The fraction of sp³-hybridized carbons (Fsp3) is 0.692. The maximum absolute atomic E-state index is 12.1. The van der Waals surface area contributed by atoms with Gasteiger partial charge in [0, 0.05) is 19.2 Å². The molecule has 2 aliphatic rings. The Morgan fingerprint density at radius 1 is 1.56 bits per heavy atom. The highest BCUT2D eigenvalue weighted by molar-refractivity contribution is 5.93. The van der Waals surface area contributed by atoms with Crippen molar-refractivity contribution in [3.8, 4) is 0 Å². The fourth-order valence-electron chi connectivity index (χ4n) is 2.83. The van der Waals surface area contributed by atoms with Crippen LogP contribution in [0, 0.1) is 10.8 Å². The molecule has 2 unspecified atom stereocenters. The fourth-order valence-corrected chi connectivity index (χ4v) is 2.83. The molecule has 0 radical (unpaired) electrons. The number of nitrogens with two attached hydrogens (primary N) is 1. The monoisotopic (exact) mass is 248 g/mol. The summed E-state index contributed by atoms with van der Waals surface area (Å²) in [5, 5.41) is 7.17. The van der Waals surface area contributed by atoms with Gasteiger partial charge in [-0.25, -0.2) is 0 Å². The van der Waals surface area contributed by atoms with Gasteiger partial charge in [-0.05, 0) is 30.1 Å². The first-order chi connectivity index (χ1) is 8.36. The Hall–Kier alpha value is -1.52. The largest absolute Gasteiger partial charge is 0.384 e. The van der Waals surface area contributed by atoms with Gasteiger partial charge in [-0.3, -0.25) is 9.48 Å². The van der Waals surface area contributed by atoms with E-state index in [1.807, 2.05) is 0 Å². The number of amides is 1. The summed E-state index contributed by atoms with van der Waals surface area (Å²) in [6.07, 6.45) is 3.65. The first-order valence-corrected chi connectivity index (χ1v) is 6.46. The number of nitrogens with zero attached hydrogens (tertiary/aromatic N) is 2. The Morgan fingerprint density at radius 2 is 2.22 bits per heavy atom. The Kier molecular flexibility index (Phi) is 2.10. The van der Waals surface area contributed by atoms with Crippen LogP contribution < -0.4 is 11.1 Å². The molecule has 5 heteroatoms. The Bertz CT molecular complexity index is 498. The van der Waals surface area contributed by atoms with Crippen molar-refractivity contribution in [1.29, 1.82) is 0 Å². The van der Waals surface area contributed by atoms with Gasteiger partial charge in [0.05, 0.1) is 0 Å². The van der Waals surface area contributed by atoms with Crippen molar-refractivity contribution in [2.24, 2.45) is 17.9 Å². The van der Waals surface area contributed by atoms with E-state index >= 15 is 0 Å². The van der Waals surface area contributed by atoms with Crippen molar-refractivity contribution in [2.45, 2.75) is 39.2 Å². The zero-order valence-corrected chi connectivity index (χ0v) is 11.2. The van der Waals surface area contributed by atoms with Crippen LogP contribution in [0.5, 0.6) is 0 Å². The van der Waals surface area contributed by atoms with Crippen LogP contribution in [0.4, 0.5) is 5.82 Å². The Labute approximate surface area is 107 Å². The van der Waals surface area contributed by atoms with Crippen LogP contribution in [0.2, 0.25) is 0 Å². The molecule has 0 bridgehead atoms. The third kappa shape index (κ3) is 1.53. The summed E-state index contributed by atoms with van der Waals surface area (Å²) >= 11 is 0. The molecular weight excluding hydrogens is 228 g/mol. The molecule has 3 N–H and O–H groups in total. The normalized spacial score (nSPS) is 32.1. The molecule has 2 fully saturated rings. The summed E-state index contributed by atoms with van der Waals surface area (Å²) in [5.41, 5.74) is 6.80. The molecule has 98 valence electrons. The van der Waals surface area contributed by atoms with Gasteiger partial charge in [-0.1, -0.05) is 13.8 Å². The molecule has 3 rings (SSSR count). The van der Waals surface area contributed by atoms with Gasteiger partial charge < -0.3 is 11.1 Å². The molecule has 1 heterocycles. The number of carbonyl (C=O) groups excluding carboxylic acids is 1. The van der Waals surface area contributed by atoms with Gasteiger partial charge in [0.2, 0.25) is 0 Å². The molecule has 1 aromatic heterocycles. The molecule has 18 heavy (non-hydrogen) atoms. The highest BCUT2D eigenvalue weighted by atomic mass is 16.2. The van der Waals surface area contributed by atoms with Crippen molar-refractivity contribution < 1.29 is 4.79 Å². The second-order valence-electron chi connectivity index (χ2n) is 6.29. The molecule has 2 atom stereocenters. The van der Waals surface area contributed by atoms with Gasteiger partial charge in [-0.2, -0.15) is 5.10 Å². The van der Waals surface area contributed by atoms with E-state index in [4.69, 9.17) is 5.73 Å². The van der Waals surface area contributed by atoms with E-state index in [0.717, 1.165) is 6.42 Å². The lowest BCUT2D eigenvalue weighted by atomic mass is 9.88. The van der Waals surface area contributed by atoms with Crippen LogP contribution in [0.1, 0.15) is 43.6 Å². The average Bonchev–Trinajstić information content (AvgIpc) is 3.16. The van der Waals surface area contributed by atoms with E-state index < -0.39 is 0 Å². The van der Waals surface area contributed by atoms with Crippen molar-refractivity contribution in [1.82, 2.24) is 15.1 Å². The summed E-state index contributed by atoms with van der Waals surface area (Å²) in [5.74, 6) is 0.396. The molecule has 2 saturated carbocycles. The molecule has 0 aromatic carbocycles. The zero-order valence-electron chi connectivity index (χ0n) is 11.2. The molecule has 1 amide bonds. The lowest BCUT2D eigenvalue weighted by molar-refractivity contribution is 0.0935. The molecule has 0 aliphatic heterocycles. The third-order valence-corrected chi connectivity index (χ3v) is 5.07. The molecule has 2 aliphatic carbocycles. The number of nitrogens with one attached hydrogen (secondary N) is 1. The topological polar surface area (TPSA) is 72.9 Å². The van der Waals surface area contributed by atoms with Crippen LogP contribution >= 0.6 is 0 Å². The first kappa shape index (κ1) is 11.6. The lowest BCUT2D eigenvalue weighted by Crippen LogP contribution is -2.31. The van der Waals surface area contributed by atoms with E-state index in [2.05, 4.69) is 24.3 Å². The number of carbonyl (C=O) groups is 1. The number of nitrogen functional groups attached to an aromatic ring is 1. The van der Waals surface area contributed by atoms with Crippen molar-refractivity contribution in [2.75, 3.05) is 5.73 Å². The van der Waals surface area contributed by atoms with E-state index in [1.54, 1.807) is 13.1 Å². The van der Waals surface area contributed by atoms with Crippen molar-refractivity contribution in [3.05, 3.63) is 11.8 Å². The smallest absolute Gasteiger partial charge is 0.272 e. The minimum Gasteiger partial charge on any atom is -0.384 e. The highest BCUT2D eigenvalue weighted by Crippen LogP contribution is 2.69. The number of anilines is 1. The molecule has 0 spiro atoms.